The van der Waals surface area contributed by atoms with E-state index in [9.17, 15) is 16.8 Å². The van der Waals surface area contributed by atoms with Crippen LogP contribution in [0.3, 0.4) is 0 Å². The van der Waals surface area contributed by atoms with Crippen LogP contribution in [0.2, 0.25) is 0 Å². The van der Waals surface area contributed by atoms with Gasteiger partial charge in [-0.05, 0) is 105 Å². The lowest BCUT2D eigenvalue weighted by molar-refractivity contribution is 0.183. The molecule has 4 rings (SSSR count). The zero-order valence-electron chi connectivity index (χ0n) is 27.0. The lowest BCUT2D eigenvalue weighted by atomic mass is 9.84. The summed E-state index contributed by atoms with van der Waals surface area (Å²) >= 11 is 0. The molecular formula is C33H50N2O4S2. The average Bonchev–Trinajstić information content (AvgIpc) is 3.13. The van der Waals surface area contributed by atoms with E-state index in [4.69, 9.17) is 0 Å². The second-order valence-corrected chi connectivity index (χ2v) is 17.7. The van der Waals surface area contributed by atoms with Crippen LogP contribution in [-0.2, 0) is 31.1 Å². The molecular weight excluding hydrogens is 553 g/mol. The Morgan fingerprint density at radius 2 is 1.20 bits per heavy atom. The van der Waals surface area contributed by atoms with Gasteiger partial charge in [-0.25, -0.2) is 21.6 Å². The van der Waals surface area contributed by atoms with Gasteiger partial charge in [0.25, 0.3) is 0 Å². The highest BCUT2D eigenvalue weighted by atomic mass is 32.2. The quantitative estimate of drug-likeness (QED) is 0.334. The molecule has 0 fully saturated rings. The van der Waals surface area contributed by atoms with Gasteiger partial charge < -0.3 is 0 Å². The van der Waals surface area contributed by atoms with Crippen molar-refractivity contribution >= 4 is 20.0 Å². The largest absolute Gasteiger partial charge is 0.244 e. The minimum atomic E-state index is -3.68. The summed E-state index contributed by atoms with van der Waals surface area (Å²) in [4.78, 5) is 0.921. The van der Waals surface area contributed by atoms with Gasteiger partial charge in [0, 0.05) is 6.04 Å². The summed E-state index contributed by atoms with van der Waals surface area (Å²) < 4.78 is 59.0. The maximum absolute atomic E-state index is 14.2. The van der Waals surface area contributed by atoms with Crippen molar-refractivity contribution in [2.24, 2.45) is 0 Å². The fourth-order valence-corrected chi connectivity index (χ4v) is 11.6. The van der Waals surface area contributed by atoms with Crippen LogP contribution in [0.25, 0.3) is 0 Å². The number of nitrogens with one attached hydrogen (secondary N) is 1. The minimum absolute atomic E-state index is 0.0558. The van der Waals surface area contributed by atoms with Crippen molar-refractivity contribution in [3.63, 3.8) is 0 Å². The first-order valence-electron chi connectivity index (χ1n) is 15.1. The van der Waals surface area contributed by atoms with Gasteiger partial charge in [0.1, 0.15) is 0 Å². The molecule has 2 aliphatic rings. The van der Waals surface area contributed by atoms with E-state index in [0.717, 1.165) is 34.2 Å². The second kappa shape index (κ2) is 10.5. The third-order valence-corrected chi connectivity index (χ3v) is 13.3. The molecule has 41 heavy (non-hydrogen) atoms. The van der Waals surface area contributed by atoms with Gasteiger partial charge in [-0.2, -0.15) is 4.31 Å². The highest BCUT2D eigenvalue weighted by Gasteiger charge is 2.52. The maximum Gasteiger partial charge on any atom is 0.244 e. The molecule has 2 unspecified atom stereocenters. The molecule has 2 heterocycles. The average molecular weight is 603 g/mol. The number of fused-ring (bicyclic) bond motifs is 2. The zero-order valence-corrected chi connectivity index (χ0v) is 28.6. The number of hydrogen-bond acceptors (Lipinski definition) is 4. The highest BCUT2D eigenvalue weighted by molar-refractivity contribution is 7.90. The molecule has 228 valence electrons. The van der Waals surface area contributed by atoms with Crippen LogP contribution in [0, 0.1) is 0 Å². The summed E-state index contributed by atoms with van der Waals surface area (Å²) in [6.07, 6.45) is 1.48. The predicted octanol–water partition coefficient (Wildman–Crippen LogP) is 7.80. The standard InChI is InChI=1S/C33H50N2O4S2/c1-19(2)24-15-27(21(5)6)31-29(17-24)33(11,12)35(41(31,38)39)23(8)14-13-22(7)25-16-26(20(3)4)30-28(18-25)32(9,10)34-40(30,36)37/h15-23,34H,13-14H2,1-12H3. The fraction of sp³-hybridized carbons (Fsp3) is 0.636. The Balaban J connectivity index is 1.67. The van der Waals surface area contributed by atoms with Crippen LogP contribution in [0.15, 0.2) is 34.1 Å². The minimum Gasteiger partial charge on any atom is -0.207 e. The van der Waals surface area contributed by atoms with E-state index < -0.39 is 31.1 Å². The lowest BCUT2D eigenvalue weighted by Gasteiger charge is -2.36. The van der Waals surface area contributed by atoms with E-state index in [2.05, 4.69) is 51.5 Å². The summed E-state index contributed by atoms with van der Waals surface area (Å²) in [5, 5.41) is 0. The van der Waals surface area contributed by atoms with E-state index in [1.807, 2.05) is 60.6 Å². The Bertz CT molecular complexity index is 1570. The predicted molar refractivity (Wildman–Crippen MR) is 168 cm³/mol. The summed E-state index contributed by atoms with van der Waals surface area (Å²) in [7, 11) is -7.24. The Labute approximate surface area is 249 Å². The number of rotatable bonds is 8. The van der Waals surface area contributed by atoms with E-state index in [1.54, 1.807) is 4.31 Å². The molecule has 0 saturated heterocycles. The third kappa shape index (κ3) is 5.32. The maximum atomic E-state index is 14.2. The van der Waals surface area contributed by atoms with Crippen molar-refractivity contribution in [3.05, 3.63) is 57.6 Å². The van der Waals surface area contributed by atoms with Crippen molar-refractivity contribution < 1.29 is 16.8 Å². The Kier molecular flexibility index (Phi) is 8.21. The second-order valence-electron chi connectivity index (χ2n) is 14.4. The molecule has 0 spiro atoms. The van der Waals surface area contributed by atoms with Gasteiger partial charge in [-0.1, -0.05) is 72.7 Å². The molecule has 0 amide bonds. The number of sulfonamides is 2. The van der Waals surface area contributed by atoms with Gasteiger partial charge in [0.15, 0.2) is 0 Å². The molecule has 1 N–H and O–H groups in total. The molecule has 2 atom stereocenters. The van der Waals surface area contributed by atoms with Gasteiger partial charge in [-0.15, -0.1) is 0 Å². The normalized spacial score (nSPS) is 21.8. The SMILES string of the molecule is CC(C)c1cc(C(C)C)c2c(c1)C(C)(C)N(C(C)CCC(C)c1cc(C(C)C)c3c(c1)C(C)(C)NS3(=O)=O)S2(=O)=O. The van der Waals surface area contributed by atoms with E-state index >= 15 is 0 Å². The zero-order chi connectivity index (χ0) is 31.0. The number of benzene rings is 2. The van der Waals surface area contributed by atoms with Gasteiger partial charge in [0.05, 0.1) is 20.9 Å². The highest BCUT2D eigenvalue weighted by Crippen LogP contribution is 2.50. The molecule has 8 heteroatoms. The van der Waals surface area contributed by atoms with Crippen LogP contribution in [0.4, 0.5) is 0 Å². The van der Waals surface area contributed by atoms with Crippen LogP contribution < -0.4 is 4.72 Å². The molecule has 6 nitrogen and oxygen atoms in total. The van der Waals surface area contributed by atoms with E-state index in [1.165, 1.54) is 5.56 Å². The molecule has 2 aromatic rings. The first-order valence-corrected chi connectivity index (χ1v) is 18.0. The first-order chi connectivity index (χ1) is 18.6. The van der Waals surface area contributed by atoms with Crippen LogP contribution in [-0.4, -0.2) is 27.2 Å². The van der Waals surface area contributed by atoms with Gasteiger partial charge >= 0.3 is 0 Å². The Morgan fingerprint density at radius 1 is 0.683 bits per heavy atom. The van der Waals surface area contributed by atoms with Crippen molar-refractivity contribution in [2.75, 3.05) is 0 Å². The summed E-state index contributed by atoms with van der Waals surface area (Å²) in [6.45, 7) is 24.6. The fourth-order valence-electron chi connectivity index (χ4n) is 6.85. The first kappa shape index (κ1) is 32.2. The van der Waals surface area contributed by atoms with Crippen LogP contribution >= 0.6 is 0 Å². The van der Waals surface area contributed by atoms with Crippen molar-refractivity contribution in [2.45, 2.75) is 147 Å². The monoisotopic (exact) mass is 602 g/mol. The molecule has 0 radical (unpaired) electrons. The van der Waals surface area contributed by atoms with Crippen molar-refractivity contribution in [1.29, 1.82) is 0 Å². The van der Waals surface area contributed by atoms with E-state index in [-0.39, 0.29) is 23.8 Å². The third-order valence-electron chi connectivity index (χ3n) is 9.24. The summed E-state index contributed by atoms with van der Waals surface area (Å²) in [6, 6.07) is 8.09. The van der Waals surface area contributed by atoms with Crippen molar-refractivity contribution in [3.8, 4) is 0 Å². The summed E-state index contributed by atoms with van der Waals surface area (Å²) in [5.74, 6) is 0.594. The van der Waals surface area contributed by atoms with E-state index in [0.29, 0.717) is 22.1 Å². The topological polar surface area (TPSA) is 83.6 Å². The molecule has 0 aliphatic carbocycles. The molecule has 2 aliphatic heterocycles. The number of nitrogens with zero attached hydrogens (tertiary/aromatic N) is 1. The van der Waals surface area contributed by atoms with Gasteiger partial charge in [-0.3, -0.25) is 0 Å². The Hall–Kier alpha value is -1.74. The Morgan fingerprint density at radius 3 is 1.73 bits per heavy atom. The molecule has 2 aromatic carbocycles. The molecule has 0 bridgehead atoms. The van der Waals surface area contributed by atoms with Crippen molar-refractivity contribution in [1.82, 2.24) is 9.03 Å². The summed E-state index contributed by atoms with van der Waals surface area (Å²) in [5.41, 5.74) is 4.42. The molecule has 0 saturated carbocycles. The lowest BCUT2D eigenvalue weighted by Crippen LogP contribution is -2.45. The van der Waals surface area contributed by atoms with Crippen LogP contribution in [0.5, 0.6) is 0 Å². The smallest absolute Gasteiger partial charge is 0.207 e. The number of hydrogen-bond donors (Lipinski definition) is 1. The molecule has 0 aromatic heterocycles. The van der Waals surface area contributed by atoms with Crippen LogP contribution in [0.1, 0.15) is 153 Å². The van der Waals surface area contributed by atoms with Gasteiger partial charge in [0.2, 0.25) is 20.0 Å².